The highest BCUT2D eigenvalue weighted by atomic mass is 16.3. The summed E-state index contributed by atoms with van der Waals surface area (Å²) in [5.74, 6) is 1.25. The summed E-state index contributed by atoms with van der Waals surface area (Å²) >= 11 is 0. The average Bonchev–Trinajstić information content (AvgIpc) is 2.99. The van der Waals surface area contributed by atoms with Crippen molar-refractivity contribution in [2.45, 2.75) is 20.4 Å². The first-order chi connectivity index (χ1) is 9.65. The fraction of sp³-hybridized carbons (Fsp3) is 0.200. The van der Waals surface area contributed by atoms with Crippen LogP contribution in [0.4, 0.5) is 0 Å². The van der Waals surface area contributed by atoms with Crippen molar-refractivity contribution in [1.29, 1.82) is 0 Å². The number of fused-ring (bicyclic) bond motifs is 1. The molecule has 1 N–H and O–H groups in total. The average molecular weight is 269 g/mol. The third kappa shape index (κ3) is 2.18. The van der Waals surface area contributed by atoms with E-state index in [9.17, 15) is 4.79 Å². The molecule has 0 saturated heterocycles. The summed E-state index contributed by atoms with van der Waals surface area (Å²) in [6.07, 6.45) is 3.65. The zero-order chi connectivity index (χ0) is 14.1. The second-order valence-electron chi connectivity index (χ2n) is 4.71. The van der Waals surface area contributed by atoms with Gasteiger partial charge in [0, 0.05) is 18.3 Å². The normalized spacial score (nSPS) is 10.9. The molecule has 3 heterocycles. The molecule has 1 amide bonds. The smallest absolute Gasteiger partial charge is 0.255 e. The molecular formula is C15H15N3O2. The highest BCUT2D eigenvalue weighted by Gasteiger charge is 2.13. The molecule has 102 valence electrons. The number of amides is 1. The molecule has 0 aliphatic heterocycles. The highest BCUT2D eigenvalue weighted by molar-refractivity contribution is 5.95. The topological polar surface area (TPSA) is 59.5 Å². The summed E-state index contributed by atoms with van der Waals surface area (Å²) in [6.45, 7) is 4.06. The first-order valence-corrected chi connectivity index (χ1v) is 6.41. The standard InChI is InChI=1S/C15H15N3O2/c1-10-7-13(11(2)20-10)15(19)16-8-12-9-17-18-6-4-3-5-14(12)18/h3-7,9H,8H2,1-2H3,(H,16,19). The number of hydrogen-bond acceptors (Lipinski definition) is 3. The van der Waals surface area contributed by atoms with Crippen molar-refractivity contribution in [1.82, 2.24) is 14.9 Å². The van der Waals surface area contributed by atoms with Gasteiger partial charge in [-0.15, -0.1) is 0 Å². The summed E-state index contributed by atoms with van der Waals surface area (Å²) in [5, 5.41) is 7.13. The third-order valence-electron chi connectivity index (χ3n) is 3.23. The van der Waals surface area contributed by atoms with Crippen LogP contribution >= 0.6 is 0 Å². The van der Waals surface area contributed by atoms with E-state index in [0.29, 0.717) is 17.9 Å². The van der Waals surface area contributed by atoms with E-state index in [1.54, 1.807) is 23.7 Å². The van der Waals surface area contributed by atoms with Crippen LogP contribution in [0.3, 0.4) is 0 Å². The Bertz CT molecular complexity index is 770. The van der Waals surface area contributed by atoms with E-state index in [0.717, 1.165) is 16.8 Å². The number of hydrogen-bond donors (Lipinski definition) is 1. The van der Waals surface area contributed by atoms with Crippen LogP contribution in [0.2, 0.25) is 0 Å². The molecule has 0 saturated carbocycles. The lowest BCUT2D eigenvalue weighted by Gasteiger charge is -2.03. The van der Waals surface area contributed by atoms with E-state index in [1.807, 2.05) is 31.3 Å². The number of nitrogens with zero attached hydrogens (tertiary/aromatic N) is 2. The predicted octanol–water partition coefficient (Wildman–Crippen LogP) is 2.47. The minimum absolute atomic E-state index is 0.130. The van der Waals surface area contributed by atoms with Gasteiger partial charge >= 0.3 is 0 Å². The van der Waals surface area contributed by atoms with Crippen LogP contribution < -0.4 is 5.32 Å². The Morgan fingerprint density at radius 2 is 2.25 bits per heavy atom. The van der Waals surface area contributed by atoms with E-state index in [4.69, 9.17) is 4.42 Å². The van der Waals surface area contributed by atoms with Gasteiger partial charge in [-0.25, -0.2) is 4.52 Å². The molecule has 3 aromatic heterocycles. The molecule has 0 aliphatic carbocycles. The van der Waals surface area contributed by atoms with Crippen LogP contribution in [-0.2, 0) is 6.54 Å². The molecule has 5 heteroatoms. The Morgan fingerprint density at radius 3 is 3.00 bits per heavy atom. The minimum Gasteiger partial charge on any atom is -0.466 e. The van der Waals surface area contributed by atoms with Crippen LogP contribution in [0, 0.1) is 13.8 Å². The van der Waals surface area contributed by atoms with Crippen LogP contribution in [0.25, 0.3) is 5.52 Å². The first kappa shape index (κ1) is 12.5. The fourth-order valence-electron chi connectivity index (χ4n) is 2.25. The van der Waals surface area contributed by atoms with Crippen LogP contribution in [-0.4, -0.2) is 15.5 Å². The van der Waals surface area contributed by atoms with Crippen molar-refractivity contribution in [2.24, 2.45) is 0 Å². The minimum atomic E-state index is -0.130. The number of carbonyl (C=O) groups excluding carboxylic acids is 1. The lowest BCUT2D eigenvalue weighted by molar-refractivity contribution is 0.0949. The monoisotopic (exact) mass is 269 g/mol. The van der Waals surface area contributed by atoms with Gasteiger partial charge in [0.05, 0.1) is 17.3 Å². The largest absolute Gasteiger partial charge is 0.466 e. The molecular weight excluding hydrogens is 254 g/mol. The van der Waals surface area contributed by atoms with Crippen molar-refractivity contribution in [3.63, 3.8) is 0 Å². The van der Waals surface area contributed by atoms with E-state index < -0.39 is 0 Å². The summed E-state index contributed by atoms with van der Waals surface area (Å²) < 4.78 is 7.15. The van der Waals surface area contributed by atoms with Crippen molar-refractivity contribution >= 4 is 11.4 Å². The number of rotatable bonds is 3. The molecule has 0 aliphatic rings. The number of carbonyl (C=O) groups is 1. The van der Waals surface area contributed by atoms with Gasteiger partial charge in [0.1, 0.15) is 11.5 Å². The van der Waals surface area contributed by atoms with Gasteiger partial charge in [-0.05, 0) is 32.0 Å². The molecule has 0 atom stereocenters. The molecule has 3 rings (SSSR count). The summed E-state index contributed by atoms with van der Waals surface area (Å²) in [4.78, 5) is 12.1. The van der Waals surface area contributed by atoms with Crippen LogP contribution in [0.5, 0.6) is 0 Å². The quantitative estimate of drug-likeness (QED) is 0.794. The molecule has 0 aromatic carbocycles. The maximum absolute atomic E-state index is 12.1. The number of aryl methyl sites for hydroxylation is 2. The van der Waals surface area contributed by atoms with E-state index in [2.05, 4.69) is 10.4 Å². The summed E-state index contributed by atoms with van der Waals surface area (Å²) in [7, 11) is 0. The van der Waals surface area contributed by atoms with Gasteiger partial charge in [-0.2, -0.15) is 5.10 Å². The van der Waals surface area contributed by atoms with Gasteiger partial charge < -0.3 is 9.73 Å². The Morgan fingerprint density at radius 1 is 1.40 bits per heavy atom. The van der Waals surface area contributed by atoms with Crippen LogP contribution in [0.15, 0.2) is 41.1 Å². The zero-order valence-electron chi connectivity index (χ0n) is 11.4. The number of furan rings is 1. The summed E-state index contributed by atoms with van der Waals surface area (Å²) in [6, 6.07) is 7.59. The highest BCUT2D eigenvalue weighted by Crippen LogP contribution is 2.14. The van der Waals surface area contributed by atoms with Crippen LogP contribution in [0.1, 0.15) is 27.4 Å². The molecule has 0 unspecified atom stereocenters. The molecule has 3 aromatic rings. The third-order valence-corrected chi connectivity index (χ3v) is 3.23. The van der Waals surface area contributed by atoms with E-state index in [1.165, 1.54) is 0 Å². The lowest BCUT2D eigenvalue weighted by Crippen LogP contribution is -2.22. The van der Waals surface area contributed by atoms with Crippen molar-refractivity contribution in [3.05, 3.63) is 59.3 Å². The Balaban J connectivity index is 1.76. The van der Waals surface area contributed by atoms with Gasteiger partial charge in [0.2, 0.25) is 0 Å². The Labute approximate surface area is 116 Å². The van der Waals surface area contributed by atoms with Gasteiger partial charge in [-0.1, -0.05) is 6.07 Å². The molecule has 0 fully saturated rings. The Hall–Kier alpha value is -2.56. The van der Waals surface area contributed by atoms with Gasteiger partial charge in [0.15, 0.2) is 0 Å². The lowest BCUT2D eigenvalue weighted by atomic mass is 10.2. The Kier molecular flexibility index (Phi) is 3.02. The van der Waals surface area contributed by atoms with E-state index in [-0.39, 0.29) is 5.91 Å². The van der Waals surface area contributed by atoms with Crippen molar-refractivity contribution in [3.8, 4) is 0 Å². The van der Waals surface area contributed by atoms with E-state index >= 15 is 0 Å². The van der Waals surface area contributed by atoms with Crippen molar-refractivity contribution in [2.75, 3.05) is 0 Å². The summed E-state index contributed by atoms with van der Waals surface area (Å²) in [5.41, 5.74) is 2.56. The maximum Gasteiger partial charge on any atom is 0.255 e. The second-order valence-corrected chi connectivity index (χ2v) is 4.71. The molecule has 0 radical (unpaired) electrons. The molecule has 0 bridgehead atoms. The number of pyridine rings is 1. The van der Waals surface area contributed by atoms with Crippen molar-refractivity contribution < 1.29 is 9.21 Å². The van der Waals surface area contributed by atoms with Gasteiger partial charge in [-0.3, -0.25) is 4.79 Å². The molecule has 5 nitrogen and oxygen atoms in total. The maximum atomic E-state index is 12.1. The fourth-order valence-corrected chi connectivity index (χ4v) is 2.25. The first-order valence-electron chi connectivity index (χ1n) is 6.41. The molecule has 20 heavy (non-hydrogen) atoms. The van der Waals surface area contributed by atoms with Gasteiger partial charge in [0.25, 0.3) is 5.91 Å². The molecule has 0 spiro atoms. The number of aromatic nitrogens is 2. The second kappa shape index (κ2) is 4.85. The predicted molar refractivity (Wildman–Crippen MR) is 74.5 cm³/mol. The SMILES string of the molecule is Cc1cc(C(=O)NCc2cnn3ccccc23)c(C)o1. The zero-order valence-corrected chi connectivity index (χ0v) is 11.4. The number of nitrogens with one attached hydrogen (secondary N) is 1.